The minimum Gasteiger partial charge on any atom is -0.411 e. The van der Waals surface area contributed by atoms with E-state index < -0.39 is 0 Å². The van der Waals surface area contributed by atoms with Crippen molar-refractivity contribution < 1.29 is 10.0 Å². The molecule has 0 saturated carbocycles. The molecule has 2 rings (SSSR count). The highest BCUT2D eigenvalue weighted by Crippen LogP contribution is 2.18. The molecule has 0 unspecified atom stereocenters. The molecule has 0 radical (unpaired) electrons. The Kier molecular flexibility index (Phi) is 4.95. The molecule has 5 heteroatoms. The average Bonchev–Trinajstić information content (AvgIpc) is 2.50. The number of hydrogen-bond acceptors (Lipinski definition) is 3. The first-order chi connectivity index (χ1) is 10.0. The van der Waals surface area contributed by atoms with E-state index in [-0.39, 0.29) is 5.91 Å². The lowest BCUT2D eigenvalue weighted by Crippen LogP contribution is -2.14. The van der Waals surface area contributed by atoms with Crippen molar-refractivity contribution in [2.24, 2.45) is 5.16 Å². The fourth-order valence-electron chi connectivity index (χ4n) is 1.87. The average molecular weight is 394 g/mol. The number of nitrogens with one attached hydrogen (secondary N) is 1. The van der Waals surface area contributed by atoms with Gasteiger partial charge < -0.3 is 10.5 Å². The molecule has 2 aromatic rings. The van der Waals surface area contributed by atoms with E-state index in [2.05, 4.69) is 33.1 Å². The number of anilines is 1. The Hall–Kier alpha value is -1.89. The van der Waals surface area contributed by atoms with E-state index in [1.54, 1.807) is 37.3 Å². The molecule has 0 spiro atoms. The normalized spacial score (nSPS) is 11.3. The number of amides is 1. The topological polar surface area (TPSA) is 61.7 Å². The van der Waals surface area contributed by atoms with Gasteiger partial charge >= 0.3 is 0 Å². The first-order valence-electron chi connectivity index (χ1n) is 6.38. The zero-order valence-electron chi connectivity index (χ0n) is 11.7. The Morgan fingerprint density at radius 1 is 1.19 bits per heavy atom. The van der Waals surface area contributed by atoms with E-state index in [0.29, 0.717) is 17.0 Å². The number of carbonyl (C=O) groups is 1. The standard InChI is InChI=1S/C16H15IN2O2/c1-10-4-3-5-14(15(10)17)16(20)18-13-8-6-12(7-9-13)11(2)19-21/h3-9,21H,1-2H3,(H,18,20)/b19-11-. The number of aryl methyl sites for hydroxylation is 1. The fourth-order valence-corrected chi connectivity index (χ4v) is 2.48. The van der Waals surface area contributed by atoms with Gasteiger partial charge in [0.2, 0.25) is 0 Å². The lowest BCUT2D eigenvalue weighted by molar-refractivity contribution is 0.102. The molecule has 21 heavy (non-hydrogen) atoms. The summed E-state index contributed by atoms with van der Waals surface area (Å²) in [5.74, 6) is -0.136. The number of hydrogen-bond donors (Lipinski definition) is 2. The van der Waals surface area contributed by atoms with Crippen molar-refractivity contribution in [3.63, 3.8) is 0 Å². The minimum atomic E-state index is -0.136. The monoisotopic (exact) mass is 394 g/mol. The maximum atomic E-state index is 12.3. The molecule has 0 aliphatic rings. The SMILES string of the molecule is C/C(=N/O)c1ccc(NC(=O)c2cccc(C)c2I)cc1. The second-order valence-electron chi connectivity index (χ2n) is 4.65. The third-order valence-electron chi connectivity index (χ3n) is 3.15. The van der Waals surface area contributed by atoms with Gasteiger partial charge in [-0.15, -0.1) is 0 Å². The van der Waals surface area contributed by atoms with Crippen molar-refractivity contribution in [2.45, 2.75) is 13.8 Å². The van der Waals surface area contributed by atoms with Gasteiger partial charge in [0.25, 0.3) is 5.91 Å². The Bertz CT molecular complexity index is 694. The largest absolute Gasteiger partial charge is 0.411 e. The Morgan fingerprint density at radius 2 is 1.86 bits per heavy atom. The molecular formula is C16H15IN2O2. The molecular weight excluding hydrogens is 379 g/mol. The summed E-state index contributed by atoms with van der Waals surface area (Å²) in [6.07, 6.45) is 0. The molecule has 0 aliphatic carbocycles. The van der Waals surface area contributed by atoms with Crippen LogP contribution in [0.4, 0.5) is 5.69 Å². The van der Waals surface area contributed by atoms with Crippen LogP contribution in [0, 0.1) is 10.5 Å². The first kappa shape index (κ1) is 15.5. The number of oxime groups is 1. The van der Waals surface area contributed by atoms with Crippen molar-refractivity contribution in [1.82, 2.24) is 0 Å². The van der Waals surface area contributed by atoms with Gasteiger partial charge in [-0.3, -0.25) is 4.79 Å². The molecule has 0 atom stereocenters. The van der Waals surface area contributed by atoms with Crippen LogP contribution in [0.2, 0.25) is 0 Å². The van der Waals surface area contributed by atoms with Crippen LogP contribution >= 0.6 is 22.6 Å². The maximum absolute atomic E-state index is 12.3. The summed E-state index contributed by atoms with van der Waals surface area (Å²) >= 11 is 2.18. The van der Waals surface area contributed by atoms with E-state index >= 15 is 0 Å². The molecule has 0 saturated heterocycles. The van der Waals surface area contributed by atoms with Crippen molar-refractivity contribution in [2.75, 3.05) is 5.32 Å². The van der Waals surface area contributed by atoms with Crippen molar-refractivity contribution in [3.8, 4) is 0 Å². The highest BCUT2D eigenvalue weighted by Gasteiger charge is 2.11. The summed E-state index contributed by atoms with van der Waals surface area (Å²) in [6, 6.07) is 12.8. The van der Waals surface area contributed by atoms with E-state index in [0.717, 1.165) is 14.7 Å². The summed E-state index contributed by atoms with van der Waals surface area (Å²) in [7, 11) is 0. The highest BCUT2D eigenvalue weighted by molar-refractivity contribution is 14.1. The zero-order valence-corrected chi connectivity index (χ0v) is 13.9. The number of benzene rings is 2. The Morgan fingerprint density at radius 3 is 2.48 bits per heavy atom. The Balaban J connectivity index is 2.18. The molecule has 0 bridgehead atoms. The van der Waals surface area contributed by atoms with Crippen LogP contribution in [0.1, 0.15) is 28.4 Å². The van der Waals surface area contributed by atoms with E-state index in [9.17, 15) is 4.79 Å². The summed E-state index contributed by atoms with van der Waals surface area (Å²) in [5.41, 5.74) is 3.77. The number of nitrogens with zero attached hydrogens (tertiary/aromatic N) is 1. The van der Waals surface area contributed by atoms with Crippen LogP contribution in [0.15, 0.2) is 47.6 Å². The molecule has 1 amide bonds. The molecule has 0 heterocycles. The number of halogens is 1. The summed E-state index contributed by atoms with van der Waals surface area (Å²) in [6.45, 7) is 3.69. The molecule has 0 fully saturated rings. The van der Waals surface area contributed by atoms with Gasteiger partial charge in [0.15, 0.2) is 0 Å². The van der Waals surface area contributed by atoms with Crippen molar-refractivity contribution in [1.29, 1.82) is 0 Å². The van der Waals surface area contributed by atoms with Crippen LogP contribution in [-0.2, 0) is 0 Å². The molecule has 0 aliphatic heterocycles. The van der Waals surface area contributed by atoms with Gasteiger partial charge in [-0.25, -0.2) is 0 Å². The minimum absolute atomic E-state index is 0.136. The predicted molar refractivity (Wildman–Crippen MR) is 92.3 cm³/mol. The summed E-state index contributed by atoms with van der Waals surface area (Å²) < 4.78 is 0.951. The fraction of sp³-hybridized carbons (Fsp3) is 0.125. The van der Waals surface area contributed by atoms with Crippen LogP contribution in [0.5, 0.6) is 0 Å². The van der Waals surface area contributed by atoms with Crippen LogP contribution < -0.4 is 5.32 Å². The molecule has 108 valence electrons. The van der Waals surface area contributed by atoms with Crippen LogP contribution in [0.3, 0.4) is 0 Å². The van der Waals surface area contributed by atoms with Gasteiger partial charge in [-0.05, 0) is 65.8 Å². The van der Waals surface area contributed by atoms with E-state index in [1.807, 2.05) is 19.1 Å². The van der Waals surface area contributed by atoms with Gasteiger partial charge in [0.1, 0.15) is 0 Å². The van der Waals surface area contributed by atoms with E-state index in [1.165, 1.54) is 0 Å². The van der Waals surface area contributed by atoms with E-state index in [4.69, 9.17) is 5.21 Å². The summed E-state index contributed by atoms with van der Waals surface area (Å²) in [5, 5.41) is 14.7. The van der Waals surface area contributed by atoms with Gasteiger partial charge in [-0.1, -0.05) is 29.4 Å². The zero-order chi connectivity index (χ0) is 15.4. The lowest BCUT2D eigenvalue weighted by atomic mass is 10.1. The molecule has 0 aromatic heterocycles. The first-order valence-corrected chi connectivity index (χ1v) is 7.46. The quantitative estimate of drug-likeness (QED) is 0.357. The van der Waals surface area contributed by atoms with Crippen molar-refractivity contribution in [3.05, 3.63) is 62.7 Å². The van der Waals surface area contributed by atoms with Gasteiger partial charge in [0, 0.05) is 9.26 Å². The lowest BCUT2D eigenvalue weighted by Gasteiger charge is -2.09. The molecule has 2 aromatic carbocycles. The number of carbonyl (C=O) groups excluding carboxylic acids is 1. The highest BCUT2D eigenvalue weighted by atomic mass is 127. The van der Waals surface area contributed by atoms with Crippen LogP contribution in [-0.4, -0.2) is 16.8 Å². The summed E-state index contributed by atoms with van der Waals surface area (Å²) in [4.78, 5) is 12.3. The van der Waals surface area contributed by atoms with Crippen LogP contribution in [0.25, 0.3) is 0 Å². The van der Waals surface area contributed by atoms with Crippen molar-refractivity contribution >= 4 is 39.9 Å². The maximum Gasteiger partial charge on any atom is 0.256 e. The second-order valence-corrected chi connectivity index (χ2v) is 5.73. The second kappa shape index (κ2) is 6.71. The Labute approximate surface area is 137 Å². The third-order valence-corrected chi connectivity index (χ3v) is 4.58. The molecule has 2 N–H and O–H groups in total. The number of rotatable bonds is 3. The smallest absolute Gasteiger partial charge is 0.256 e. The third kappa shape index (κ3) is 3.60. The van der Waals surface area contributed by atoms with Gasteiger partial charge in [-0.2, -0.15) is 0 Å². The van der Waals surface area contributed by atoms with Gasteiger partial charge in [0.05, 0.1) is 11.3 Å². The predicted octanol–water partition coefficient (Wildman–Crippen LogP) is 4.05. The molecule has 4 nitrogen and oxygen atoms in total.